The van der Waals surface area contributed by atoms with Crippen molar-refractivity contribution in [1.29, 1.82) is 0 Å². The molecule has 1 N–H and O–H groups in total. The number of fused-ring (bicyclic) bond motifs is 1. The van der Waals surface area contributed by atoms with Crippen LogP contribution in [-0.2, 0) is 4.74 Å². The average molecular weight is 322 g/mol. The van der Waals surface area contributed by atoms with Gasteiger partial charge in [0, 0.05) is 18.8 Å². The largest absolute Gasteiger partial charge is 0.378 e. The lowest BCUT2D eigenvalue weighted by atomic mass is 10.2. The van der Waals surface area contributed by atoms with Crippen molar-refractivity contribution in [3.05, 3.63) is 42.4 Å². The van der Waals surface area contributed by atoms with E-state index < -0.39 is 0 Å². The molecule has 0 bridgehead atoms. The van der Waals surface area contributed by atoms with E-state index in [0.29, 0.717) is 25.0 Å². The van der Waals surface area contributed by atoms with E-state index >= 15 is 0 Å². The number of benzene rings is 1. The highest BCUT2D eigenvalue weighted by Gasteiger charge is 2.16. The van der Waals surface area contributed by atoms with E-state index in [1.165, 1.54) is 11.9 Å². The maximum atomic E-state index is 5.39. The summed E-state index contributed by atoms with van der Waals surface area (Å²) in [4.78, 5) is 19.9. The number of hydrogen-bond donors (Lipinski definition) is 1. The van der Waals surface area contributed by atoms with E-state index in [1.807, 2.05) is 12.1 Å². The van der Waals surface area contributed by atoms with Crippen LogP contribution in [0.15, 0.2) is 36.8 Å². The van der Waals surface area contributed by atoms with Crippen LogP contribution >= 0.6 is 0 Å². The van der Waals surface area contributed by atoms with Crippen LogP contribution in [0.25, 0.3) is 11.0 Å². The van der Waals surface area contributed by atoms with Crippen LogP contribution in [0, 0.1) is 6.92 Å². The zero-order valence-corrected chi connectivity index (χ0v) is 13.4. The van der Waals surface area contributed by atoms with Gasteiger partial charge < -0.3 is 15.0 Å². The van der Waals surface area contributed by atoms with Crippen molar-refractivity contribution in [2.24, 2.45) is 0 Å². The van der Waals surface area contributed by atoms with Crippen LogP contribution in [-0.4, -0.2) is 46.2 Å². The number of aromatic nitrogens is 4. The van der Waals surface area contributed by atoms with Crippen molar-refractivity contribution >= 4 is 28.5 Å². The van der Waals surface area contributed by atoms with E-state index in [4.69, 9.17) is 4.74 Å². The fourth-order valence-electron chi connectivity index (χ4n) is 2.71. The van der Waals surface area contributed by atoms with Gasteiger partial charge in [-0.1, -0.05) is 12.1 Å². The summed E-state index contributed by atoms with van der Waals surface area (Å²) in [5.41, 5.74) is 3.59. The molecule has 0 spiro atoms. The van der Waals surface area contributed by atoms with Crippen LogP contribution in [0.1, 0.15) is 5.56 Å². The standard InChI is InChI=1S/C17H18N6O/c1-12-3-2-4-13(9-12)21-16-15-14(19-11-20-16)10-18-17(22-15)23-5-7-24-8-6-23/h2-4,9-11H,5-8H2,1H3,(H,19,20,21). The number of rotatable bonds is 3. The molecular weight excluding hydrogens is 304 g/mol. The molecule has 122 valence electrons. The first-order valence-corrected chi connectivity index (χ1v) is 7.94. The molecule has 1 aliphatic heterocycles. The minimum Gasteiger partial charge on any atom is -0.378 e. The predicted molar refractivity (Wildman–Crippen MR) is 92.6 cm³/mol. The molecule has 2 aromatic heterocycles. The summed E-state index contributed by atoms with van der Waals surface area (Å²) in [6.07, 6.45) is 3.27. The summed E-state index contributed by atoms with van der Waals surface area (Å²) in [5, 5.41) is 3.33. The maximum absolute atomic E-state index is 5.39. The van der Waals surface area contributed by atoms with Crippen molar-refractivity contribution in [2.75, 3.05) is 36.5 Å². The first-order chi connectivity index (χ1) is 11.8. The molecule has 1 aromatic carbocycles. The third-order valence-electron chi connectivity index (χ3n) is 3.94. The summed E-state index contributed by atoms with van der Waals surface area (Å²) < 4.78 is 5.39. The lowest BCUT2D eigenvalue weighted by molar-refractivity contribution is 0.122. The fraction of sp³-hybridized carbons (Fsp3) is 0.294. The molecule has 7 nitrogen and oxygen atoms in total. The molecule has 0 amide bonds. The van der Waals surface area contributed by atoms with Gasteiger partial charge in [0.2, 0.25) is 5.95 Å². The van der Waals surface area contributed by atoms with Gasteiger partial charge in [0.1, 0.15) is 17.4 Å². The Morgan fingerprint density at radius 2 is 2.00 bits per heavy atom. The molecule has 0 unspecified atom stereocenters. The Kier molecular flexibility index (Phi) is 3.92. The third-order valence-corrected chi connectivity index (χ3v) is 3.94. The number of ether oxygens (including phenoxy) is 1. The number of aryl methyl sites for hydroxylation is 1. The number of morpholine rings is 1. The summed E-state index contributed by atoms with van der Waals surface area (Å²) in [6.45, 7) is 5.03. The fourth-order valence-corrected chi connectivity index (χ4v) is 2.71. The van der Waals surface area contributed by atoms with Crippen LogP contribution in [0.3, 0.4) is 0 Å². The lowest BCUT2D eigenvalue weighted by Gasteiger charge is -2.26. The van der Waals surface area contributed by atoms with Gasteiger partial charge in [-0.25, -0.2) is 19.9 Å². The maximum Gasteiger partial charge on any atom is 0.226 e. The monoisotopic (exact) mass is 322 g/mol. The van der Waals surface area contributed by atoms with Gasteiger partial charge in [-0.2, -0.15) is 0 Å². The van der Waals surface area contributed by atoms with Crippen molar-refractivity contribution in [2.45, 2.75) is 6.92 Å². The summed E-state index contributed by atoms with van der Waals surface area (Å²) >= 11 is 0. The number of anilines is 3. The van der Waals surface area contributed by atoms with Crippen molar-refractivity contribution < 1.29 is 4.74 Å². The molecule has 0 atom stereocenters. The molecule has 1 saturated heterocycles. The molecule has 1 aliphatic rings. The van der Waals surface area contributed by atoms with Gasteiger partial charge in [-0.05, 0) is 24.6 Å². The van der Waals surface area contributed by atoms with Crippen molar-refractivity contribution in [3.63, 3.8) is 0 Å². The number of nitrogens with zero attached hydrogens (tertiary/aromatic N) is 5. The quantitative estimate of drug-likeness (QED) is 0.793. The number of hydrogen-bond acceptors (Lipinski definition) is 7. The minimum absolute atomic E-state index is 0.683. The highest BCUT2D eigenvalue weighted by Crippen LogP contribution is 2.23. The molecule has 1 fully saturated rings. The Bertz CT molecular complexity index is 863. The van der Waals surface area contributed by atoms with Crippen molar-refractivity contribution in [1.82, 2.24) is 19.9 Å². The van der Waals surface area contributed by atoms with E-state index in [1.54, 1.807) is 6.20 Å². The number of nitrogens with one attached hydrogen (secondary N) is 1. The van der Waals surface area contributed by atoms with E-state index in [9.17, 15) is 0 Å². The Balaban J connectivity index is 1.71. The molecular formula is C17H18N6O. The Labute approximate surface area is 139 Å². The second kappa shape index (κ2) is 6.37. The summed E-state index contributed by atoms with van der Waals surface area (Å²) in [6, 6.07) is 8.14. The first kappa shape index (κ1) is 14.8. The molecule has 7 heteroatoms. The molecule has 4 rings (SSSR count). The zero-order chi connectivity index (χ0) is 16.4. The second-order valence-corrected chi connectivity index (χ2v) is 5.72. The highest BCUT2D eigenvalue weighted by molar-refractivity contribution is 5.87. The SMILES string of the molecule is Cc1cccc(Nc2ncnc3cnc(N4CCOCC4)nc23)c1. The Hall–Kier alpha value is -2.80. The summed E-state index contributed by atoms with van der Waals surface area (Å²) in [7, 11) is 0. The normalized spacial score (nSPS) is 14.8. The van der Waals surface area contributed by atoms with Crippen LogP contribution < -0.4 is 10.2 Å². The van der Waals surface area contributed by atoms with Gasteiger partial charge in [0.15, 0.2) is 5.82 Å². The highest BCUT2D eigenvalue weighted by atomic mass is 16.5. The van der Waals surface area contributed by atoms with Crippen LogP contribution in [0.5, 0.6) is 0 Å². The van der Waals surface area contributed by atoms with Gasteiger partial charge >= 0.3 is 0 Å². The molecule has 3 aromatic rings. The third kappa shape index (κ3) is 2.98. The van der Waals surface area contributed by atoms with Gasteiger partial charge in [-0.3, -0.25) is 0 Å². The first-order valence-electron chi connectivity index (χ1n) is 7.94. The zero-order valence-electron chi connectivity index (χ0n) is 13.4. The van der Waals surface area contributed by atoms with Gasteiger partial charge in [0.05, 0.1) is 19.4 Å². The lowest BCUT2D eigenvalue weighted by Crippen LogP contribution is -2.37. The molecule has 24 heavy (non-hydrogen) atoms. The van der Waals surface area contributed by atoms with E-state index in [0.717, 1.165) is 29.8 Å². The smallest absolute Gasteiger partial charge is 0.226 e. The minimum atomic E-state index is 0.683. The molecule has 3 heterocycles. The Morgan fingerprint density at radius 3 is 2.83 bits per heavy atom. The molecule has 0 radical (unpaired) electrons. The van der Waals surface area contributed by atoms with Crippen LogP contribution in [0.4, 0.5) is 17.5 Å². The van der Waals surface area contributed by atoms with Crippen LogP contribution in [0.2, 0.25) is 0 Å². The molecule has 0 aliphatic carbocycles. The van der Waals surface area contributed by atoms with Gasteiger partial charge in [-0.15, -0.1) is 0 Å². The van der Waals surface area contributed by atoms with E-state index in [2.05, 4.69) is 49.2 Å². The molecule has 0 saturated carbocycles. The Morgan fingerprint density at radius 1 is 1.12 bits per heavy atom. The average Bonchev–Trinajstić information content (AvgIpc) is 2.62. The van der Waals surface area contributed by atoms with Crippen molar-refractivity contribution in [3.8, 4) is 0 Å². The summed E-state index contributed by atoms with van der Waals surface area (Å²) in [5.74, 6) is 1.37. The van der Waals surface area contributed by atoms with E-state index in [-0.39, 0.29) is 0 Å². The van der Waals surface area contributed by atoms with Gasteiger partial charge in [0.25, 0.3) is 0 Å². The second-order valence-electron chi connectivity index (χ2n) is 5.72. The topological polar surface area (TPSA) is 76.1 Å². The predicted octanol–water partition coefficient (Wildman–Crippen LogP) is 2.31.